The minimum absolute atomic E-state index is 0.0401. The van der Waals surface area contributed by atoms with Gasteiger partial charge in [0.2, 0.25) is 5.91 Å². The number of carbonyl (C=O) groups excluding carboxylic acids is 1. The average molecular weight is 309 g/mol. The molecule has 1 aliphatic rings. The number of ether oxygens (including phenoxy) is 1. The molecule has 1 fully saturated rings. The molecular formula is C14H19N3O5. The van der Waals surface area contributed by atoms with E-state index in [1.807, 2.05) is 4.90 Å². The Hall–Kier alpha value is -2.19. The Bertz CT molecular complexity index is 555. The van der Waals surface area contributed by atoms with Crippen molar-refractivity contribution in [1.29, 1.82) is 0 Å². The summed E-state index contributed by atoms with van der Waals surface area (Å²) < 4.78 is 4.84. The number of non-ortho nitro benzene ring substituents is 1. The van der Waals surface area contributed by atoms with Crippen molar-refractivity contribution in [3.63, 3.8) is 0 Å². The largest absolute Gasteiger partial charge is 0.392 e. The van der Waals surface area contributed by atoms with Crippen molar-refractivity contribution in [2.45, 2.75) is 6.61 Å². The summed E-state index contributed by atoms with van der Waals surface area (Å²) in [4.78, 5) is 25.8. The van der Waals surface area contributed by atoms with E-state index < -0.39 is 4.92 Å². The molecule has 1 aromatic rings. The van der Waals surface area contributed by atoms with Crippen molar-refractivity contribution in [3.05, 3.63) is 33.9 Å². The maximum Gasteiger partial charge on any atom is 0.269 e. The summed E-state index contributed by atoms with van der Waals surface area (Å²) >= 11 is 0. The number of hydrogen-bond donors (Lipinski definition) is 1. The van der Waals surface area contributed by atoms with Crippen LogP contribution in [0.2, 0.25) is 0 Å². The number of amides is 1. The molecule has 0 radical (unpaired) electrons. The van der Waals surface area contributed by atoms with Crippen molar-refractivity contribution in [1.82, 2.24) is 4.90 Å². The fourth-order valence-electron chi connectivity index (χ4n) is 2.53. The van der Waals surface area contributed by atoms with Crippen LogP contribution in [0.5, 0.6) is 0 Å². The van der Waals surface area contributed by atoms with Gasteiger partial charge in [-0.15, -0.1) is 0 Å². The lowest BCUT2D eigenvalue weighted by Gasteiger charge is -2.36. The van der Waals surface area contributed by atoms with Crippen LogP contribution in [0, 0.1) is 10.1 Å². The number of benzene rings is 1. The van der Waals surface area contributed by atoms with Crippen LogP contribution in [-0.2, 0) is 16.1 Å². The molecule has 8 nitrogen and oxygen atoms in total. The van der Waals surface area contributed by atoms with E-state index >= 15 is 0 Å². The molecule has 1 N–H and O–H groups in total. The summed E-state index contributed by atoms with van der Waals surface area (Å²) in [6.45, 7) is 2.15. The van der Waals surface area contributed by atoms with Crippen LogP contribution in [0.25, 0.3) is 0 Å². The highest BCUT2D eigenvalue weighted by Gasteiger charge is 2.23. The highest BCUT2D eigenvalue weighted by atomic mass is 16.6. The molecule has 0 aromatic heterocycles. The molecule has 2 rings (SSSR count). The molecule has 8 heteroatoms. The lowest BCUT2D eigenvalue weighted by atomic mass is 10.1. The van der Waals surface area contributed by atoms with E-state index in [0.717, 1.165) is 5.69 Å². The Balaban J connectivity index is 2.08. The normalized spacial score (nSPS) is 15.0. The van der Waals surface area contributed by atoms with Gasteiger partial charge in [-0.3, -0.25) is 14.9 Å². The number of methoxy groups -OCH3 is 1. The first-order valence-electron chi connectivity index (χ1n) is 6.96. The number of aliphatic hydroxyl groups is 1. The van der Waals surface area contributed by atoms with E-state index in [1.54, 1.807) is 11.0 Å². The van der Waals surface area contributed by atoms with Gasteiger partial charge in [0.15, 0.2) is 0 Å². The van der Waals surface area contributed by atoms with Gasteiger partial charge < -0.3 is 19.6 Å². The third kappa shape index (κ3) is 3.52. The fourth-order valence-corrected chi connectivity index (χ4v) is 2.53. The maximum atomic E-state index is 11.8. The molecule has 0 spiro atoms. The van der Waals surface area contributed by atoms with Gasteiger partial charge in [0.1, 0.15) is 6.61 Å². The van der Waals surface area contributed by atoms with Crippen molar-refractivity contribution in [2.24, 2.45) is 0 Å². The molecule has 1 aliphatic heterocycles. The number of aliphatic hydroxyl groups excluding tert-OH is 1. The first kappa shape index (κ1) is 16.2. The molecule has 120 valence electrons. The fraction of sp³-hybridized carbons (Fsp3) is 0.500. The van der Waals surface area contributed by atoms with Crippen molar-refractivity contribution < 1.29 is 19.6 Å². The Morgan fingerprint density at radius 3 is 2.59 bits per heavy atom. The zero-order chi connectivity index (χ0) is 16.1. The molecule has 1 saturated heterocycles. The quantitative estimate of drug-likeness (QED) is 0.624. The van der Waals surface area contributed by atoms with Gasteiger partial charge in [0, 0.05) is 56.7 Å². The summed E-state index contributed by atoms with van der Waals surface area (Å²) in [5.41, 5.74) is 1.25. The smallest absolute Gasteiger partial charge is 0.269 e. The molecule has 22 heavy (non-hydrogen) atoms. The van der Waals surface area contributed by atoms with Crippen LogP contribution in [0.3, 0.4) is 0 Å². The Kier molecular flexibility index (Phi) is 5.29. The minimum Gasteiger partial charge on any atom is -0.392 e. The van der Waals surface area contributed by atoms with E-state index in [9.17, 15) is 20.0 Å². The molecule has 0 saturated carbocycles. The summed E-state index contributed by atoms with van der Waals surface area (Å²) in [6.07, 6.45) is 0. The van der Waals surface area contributed by atoms with Crippen LogP contribution in [-0.4, -0.2) is 60.7 Å². The summed E-state index contributed by atoms with van der Waals surface area (Å²) in [6, 6.07) is 4.46. The predicted molar refractivity (Wildman–Crippen MR) is 79.7 cm³/mol. The van der Waals surface area contributed by atoms with Gasteiger partial charge in [0.05, 0.1) is 11.5 Å². The van der Waals surface area contributed by atoms with Gasteiger partial charge in [0.25, 0.3) is 5.69 Å². The van der Waals surface area contributed by atoms with E-state index in [0.29, 0.717) is 31.7 Å². The van der Waals surface area contributed by atoms with E-state index in [1.165, 1.54) is 19.2 Å². The highest BCUT2D eigenvalue weighted by Crippen LogP contribution is 2.26. The Morgan fingerprint density at radius 2 is 2.05 bits per heavy atom. The maximum absolute atomic E-state index is 11.8. The second-order valence-electron chi connectivity index (χ2n) is 5.03. The molecular weight excluding hydrogens is 290 g/mol. The third-order valence-corrected chi connectivity index (χ3v) is 3.69. The van der Waals surface area contributed by atoms with E-state index in [-0.39, 0.29) is 24.8 Å². The van der Waals surface area contributed by atoms with Crippen LogP contribution < -0.4 is 4.90 Å². The molecule has 0 atom stereocenters. The number of nitro benzene ring substituents is 1. The second kappa shape index (κ2) is 7.19. The van der Waals surface area contributed by atoms with Gasteiger partial charge in [-0.1, -0.05) is 0 Å². The molecule has 1 aromatic carbocycles. The van der Waals surface area contributed by atoms with Crippen molar-refractivity contribution in [2.75, 3.05) is 44.8 Å². The molecule has 1 amide bonds. The molecule has 0 bridgehead atoms. The summed E-state index contributed by atoms with van der Waals surface area (Å²) in [7, 11) is 1.48. The Morgan fingerprint density at radius 1 is 1.36 bits per heavy atom. The number of nitrogens with zero attached hydrogens (tertiary/aromatic N) is 3. The standard InChI is InChI=1S/C14H19N3O5/c1-22-10-14(19)16-6-4-15(5-7-16)13-3-2-12(17(20)21)8-11(13)9-18/h2-3,8,18H,4-7,9-10H2,1H3. The summed E-state index contributed by atoms with van der Waals surface area (Å²) in [5, 5.41) is 20.2. The van der Waals surface area contributed by atoms with E-state index in [4.69, 9.17) is 4.74 Å². The monoisotopic (exact) mass is 309 g/mol. The first-order valence-corrected chi connectivity index (χ1v) is 6.96. The topological polar surface area (TPSA) is 96.2 Å². The zero-order valence-corrected chi connectivity index (χ0v) is 12.4. The van der Waals surface area contributed by atoms with Crippen LogP contribution in [0.1, 0.15) is 5.56 Å². The molecule has 0 aliphatic carbocycles. The SMILES string of the molecule is COCC(=O)N1CCN(c2ccc([N+](=O)[O-])cc2CO)CC1. The van der Waals surface area contributed by atoms with Gasteiger partial charge in [-0.2, -0.15) is 0 Å². The van der Waals surface area contributed by atoms with Gasteiger partial charge >= 0.3 is 0 Å². The van der Waals surface area contributed by atoms with Crippen molar-refractivity contribution in [3.8, 4) is 0 Å². The number of nitro groups is 1. The first-order chi connectivity index (χ1) is 10.6. The van der Waals surface area contributed by atoms with Gasteiger partial charge in [-0.25, -0.2) is 0 Å². The molecule has 1 heterocycles. The number of hydrogen-bond acceptors (Lipinski definition) is 6. The molecule has 0 unspecified atom stereocenters. The van der Waals surface area contributed by atoms with Crippen molar-refractivity contribution >= 4 is 17.3 Å². The van der Waals surface area contributed by atoms with Crippen LogP contribution in [0.4, 0.5) is 11.4 Å². The van der Waals surface area contributed by atoms with Crippen LogP contribution >= 0.6 is 0 Å². The number of carbonyl (C=O) groups is 1. The lowest BCUT2D eigenvalue weighted by molar-refractivity contribution is -0.384. The predicted octanol–water partition coefficient (Wildman–Crippen LogP) is 0.382. The number of piperazine rings is 1. The number of anilines is 1. The number of rotatable bonds is 5. The minimum atomic E-state index is -0.482. The zero-order valence-electron chi connectivity index (χ0n) is 12.4. The van der Waals surface area contributed by atoms with E-state index in [2.05, 4.69) is 0 Å². The average Bonchev–Trinajstić information content (AvgIpc) is 2.54. The second-order valence-corrected chi connectivity index (χ2v) is 5.03. The van der Waals surface area contributed by atoms with Crippen LogP contribution in [0.15, 0.2) is 18.2 Å². The highest BCUT2D eigenvalue weighted by molar-refractivity contribution is 5.77. The summed E-state index contributed by atoms with van der Waals surface area (Å²) in [5.74, 6) is -0.0479. The third-order valence-electron chi connectivity index (χ3n) is 3.69. The van der Waals surface area contributed by atoms with Gasteiger partial charge in [-0.05, 0) is 6.07 Å². The lowest BCUT2D eigenvalue weighted by Crippen LogP contribution is -2.50. The Labute approximate surface area is 128 Å².